The number of nitrogens with zero attached hydrogens (tertiary/aromatic N) is 3. The first-order valence-corrected chi connectivity index (χ1v) is 8.07. The fourth-order valence-corrected chi connectivity index (χ4v) is 3.11. The Labute approximate surface area is 119 Å². The summed E-state index contributed by atoms with van der Waals surface area (Å²) in [7, 11) is 4.32. The molecule has 0 aliphatic carbocycles. The summed E-state index contributed by atoms with van der Waals surface area (Å²) in [5, 5.41) is 3.72. The first-order valence-electron chi connectivity index (χ1n) is 8.07. The second kappa shape index (κ2) is 8.20. The van der Waals surface area contributed by atoms with Crippen LogP contribution >= 0.6 is 0 Å². The second-order valence-electron chi connectivity index (χ2n) is 6.45. The van der Waals surface area contributed by atoms with Gasteiger partial charge < -0.3 is 10.2 Å². The van der Waals surface area contributed by atoms with Crippen molar-refractivity contribution in [2.45, 2.75) is 31.7 Å². The normalized spacial score (nSPS) is 27.6. The van der Waals surface area contributed by atoms with E-state index in [1.54, 1.807) is 0 Å². The Balaban J connectivity index is 1.62. The Kier molecular flexibility index (Phi) is 6.57. The molecule has 0 amide bonds. The molecule has 0 aromatic heterocycles. The molecule has 0 bridgehead atoms. The van der Waals surface area contributed by atoms with Gasteiger partial charge in [-0.15, -0.1) is 0 Å². The molecule has 2 rings (SSSR count). The predicted molar refractivity (Wildman–Crippen MR) is 81.7 cm³/mol. The molecule has 0 aromatic carbocycles. The van der Waals surface area contributed by atoms with Crippen LogP contribution in [0.1, 0.15) is 25.7 Å². The number of piperazine rings is 1. The summed E-state index contributed by atoms with van der Waals surface area (Å²) in [4.78, 5) is 7.55. The third kappa shape index (κ3) is 5.78. The number of hydrogen-bond acceptors (Lipinski definition) is 4. The van der Waals surface area contributed by atoms with E-state index in [1.165, 1.54) is 78.0 Å². The monoisotopic (exact) mass is 268 g/mol. The van der Waals surface area contributed by atoms with Crippen LogP contribution in [0.2, 0.25) is 0 Å². The number of rotatable bonds is 5. The van der Waals surface area contributed by atoms with Crippen molar-refractivity contribution in [3.8, 4) is 0 Å². The van der Waals surface area contributed by atoms with Gasteiger partial charge in [-0.2, -0.15) is 0 Å². The summed E-state index contributed by atoms with van der Waals surface area (Å²) in [5.74, 6) is 0. The minimum Gasteiger partial charge on any atom is -0.313 e. The molecule has 2 aliphatic rings. The van der Waals surface area contributed by atoms with E-state index in [-0.39, 0.29) is 0 Å². The Morgan fingerprint density at radius 2 is 1.74 bits per heavy atom. The van der Waals surface area contributed by atoms with Crippen molar-refractivity contribution in [1.82, 2.24) is 20.0 Å². The first kappa shape index (κ1) is 15.2. The third-order valence-corrected chi connectivity index (χ3v) is 4.47. The zero-order valence-electron chi connectivity index (χ0n) is 12.9. The molecule has 4 nitrogen and oxygen atoms in total. The molecule has 1 unspecified atom stereocenters. The van der Waals surface area contributed by atoms with Crippen molar-refractivity contribution >= 4 is 0 Å². The van der Waals surface area contributed by atoms with Gasteiger partial charge in [0.2, 0.25) is 0 Å². The van der Waals surface area contributed by atoms with Gasteiger partial charge in [0, 0.05) is 51.9 Å². The van der Waals surface area contributed by atoms with Gasteiger partial charge in [0.1, 0.15) is 0 Å². The standard InChI is InChI=1S/C15H32N4/c1-17(2)8-9-18-10-12-19(13-11-18)14-15-6-4-3-5-7-16-15/h15-16H,3-14H2,1-2H3. The molecule has 0 spiro atoms. The van der Waals surface area contributed by atoms with E-state index >= 15 is 0 Å². The van der Waals surface area contributed by atoms with Crippen LogP contribution in [-0.4, -0.2) is 87.2 Å². The van der Waals surface area contributed by atoms with Gasteiger partial charge in [-0.1, -0.05) is 12.8 Å². The lowest BCUT2D eigenvalue weighted by atomic mass is 10.1. The van der Waals surface area contributed by atoms with Crippen molar-refractivity contribution in [2.75, 3.05) is 66.5 Å². The van der Waals surface area contributed by atoms with E-state index in [0.717, 1.165) is 6.04 Å². The zero-order valence-corrected chi connectivity index (χ0v) is 12.9. The smallest absolute Gasteiger partial charge is 0.0195 e. The van der Waals surface area contributed by atoms with Crippen LogP contribution in [-0.2, 0) is 0 Å². The Morgan fingerprint density at radius 1 is 1.00 bits per heavy atom. The van der Waals surface area contributed by atoms with Crippen LogP contribution in [0.15, 0.2) is 0 Å². The second-order valence-corrected chi connectivity index (χ2v) is 6.45. The lowest BCUT2D eigenvalue weighted by Gasteiger charge is -2.36. The van der Waals surface area contributed by atoms with Gasteiger partial charge in [-0.3, -0.25) is 9.80 Å². The molecule has 112 valence electrons. The van der Waals surface area contributed by atoms with Crippen LogP contribution in [0.4, 0.5) is 0 Å². The highest BCUT2D eigenvalue weighted by Crippen LogP contribution is 2.11. The largest absolute Gasteiger partial charge is 0.313 e. The molecule has 0 aromatic rings. The van der Waals surface area contributed by atoms with Gasteiger partial charge in [-0.25, -0.2) is 0 Å². The van der Waals surface area contributed by atoms with Crippen molar-refractivity contribution in [3.63, 3.8) is 0 Å². The van der Waals surface area contributed by atoms with Gasteiger partial charge in [0.15, 0.2) is 0 Å². The highest BCUT2D eigenvalue weighted by Gasteiger charge is 2.20. The van der Waals surface area contributed by atoms with E-state index < -0.39 is 0 Å². The zero-order chi connectivity index (χ0) is 13.5. The fourth-order valence-electron chi connectivity index (χ4n) is 3.11. The summed E-state index contributed by atoms with van der Waals surface area (Å²) in [6.07, 6.45) is 5.58. The van der Waals surface area contributed by atoms with E-state index in [1.807, 2.05) is 0 Å². The highest BCUT2D eigenvalue weighted by molar-refractivity contribution is 4.79. The molecule has 2 fully saturated rings. The average Bonchev–Trinajstić information content (AvgIpc) is 2.66. The van der Waals surface area contributed by atoms with E-state index in [4.69, 9.17) is 0 Å². The van der Waals surface area contributed by atoms with Gasteiger partial charge in [0.25, 0.3) is 0 Å². The Morgan fingerprint density at radius 3 is 2.47 bits per heavy atom. The van der Waals surface area contributed by atoms with E-state index in [2.05, 4.69) is 34.1 Å². The molecule has 1 N–H and O–H groups in total. The van der Waals surface area contributed by atoms with Crippen molar-refractivity contribution in [2.24, 2.45) is 0 Å². The van der Waals surface area contributed by atoms with Crippen molar-refractivity contribution in [3.05, 3.63) is 0 Å². The molecule has 0 radical (unpaired) electrons. The maximum absolute atomic E-state index is 3.72. The highest BCUT2D eigenvalue weighted by atomic mass is 15.3. The summed E-state index contributed by atoms with van der Waals surface area (Å²) in [6.45, 7) is 9.92. The van der Waals surface area contributed by atoms with Crippen LogP contribution in [0.5, 0.6) is 0 Å². The summed E-state index contributed by atoms with van der Waals surface area (Å²) >= 11 is 0. The Bertz CT molecular complexity index is 228. The molecule has 4 heteroatoms. The van der Waals surface area contributed by atoms with Gasteiger partial charge >= 0.3 is 0 Å². The summed E-state index contributed by atoms with van der Waals surface area (Å²) in [5.41, 5.74) is 0. The fraction of sp³-hybridized carbons (Fsp3) is 1.00. The number of likely N-dealkylation sites (N-methyl/N-ethyl adjacent to an activating group) is 1. The summed E-state index contributed by atoms with van der Waals surface area (Å²) < 4.78 is 0. The maximum Gasteiger partial charge on any atom is 0.0195 e. The van der Waals surface area contributed by atoms with Gasteiger partial charge in [0.05, 0.1) is 0 Å². The topological polar surface area (TPSA) is 21.8 Å². The lowest BCUT2D eigenvalue weighted by molar-refractivity contribution is 0.116. The van der Waals surface area contributed by atoms with Crippen LogP contribution < -0.4 is 5.32 Å². The molecule has 2 aliphatic heterocycles. The molecular weight excluding hydrogens is 236 g/mol. The first-order chi connectivity index (χ1) is 9.24. The van der Waals surface area contributed by atoms with Crippen LogP contribution in [0, 0.1) is 0 Å². The molecule has 19 heavy (non-hydrogen) atoms. The predicted octanol–water partition coefficient (Wildman–Crippen LogP) is 0.698. The summed E-state index contributed by atoms with van der Waals surface area (Å²) in [6, 6.07) is 0.746. The maximum atomic E-state index is 3.72. The van der Waals surface area contributed by atoms with Gasteiger partial charge in [-0.05, 0) is 33.5 Å². The average molecular weight is 268 g/mol. The minimum atomic E-state index is 0.746. The molecule has 0 saturated carbocycles. The molecule has 1 atom stereocenters. The Hall–Kier alpha value is -0.160. The third-order valence-electron chi connectivity index (χ3n) is 4.47. The van der Waals surface area contributed by atoms with Crippen molar-refractivity contribution in [1.29, 1.82) is 0 Å². The van der Waals surface area contributed by atoms with E-state index in [0.29, 0.717) is 0 Å². The quantitative estimate of drug-likeness (QED) is 0.792. The molecular formula is C15H32N4. The number of hydrogen-bond donors (Lipinski definition) is 1. The van der Waals surface area contributed by atoms with E-state index in [9.17, 15) is 0 Å². The lowest BCUT2D eigenvalue weighted by Crippen LogP contribution is -2.51. The van der Waals surface area contributed by atoms with Crippen LogP contribution in [0.25, 0.3) is 0 Å². The SMILES string of the molecule is CN(C)CCN1CCN(CC2CCCCCN2)CC1. The van der Waals surface area contributed by atoms with Crippen molar-refractivity contribution < 1.29 is 0 Å². The van der Waals surface area contributed by atoms with Crippen LogP contribution in [0.3, 0.4) is 0 Å². The molecule has 2 saturated heterocycles. The minimum absolute atomic E-state index is 0.746. The molecule has 2 heterocycles. The number of nitrogens with one attached hydrogen (secondary N) is 1.